The molecule has 3 aromatic rings. The molecular formula is C20H14F2NO2S+. The first-order valence-corrected chi connectivity index (χ1v) is 9.08. The lowest BCUT2D eigenvalue weighted by Gasteiger charge is -2.21. The number of nitrogens with one attached hydrogen (secondary N) is 1. The van der Waals surface area contributed by atoms with Crippen LogP contribution in [0.15, 0.2) is 75.4 Å². The van der Waals surface area contributed by atoms with Crippen LogP contribution in [0.4, 0.5) is 20.2 Å². The summed E-state index contributed by atoms with van der Waals surface area (Å²) in [6.07, 6.45) is 0. The summed E-state index contributed by atoms with van der Waals surface area (Å²) >= 11 is 0. The number of carbonyl (C=O) groups excluding carboxylic acids is 1. The standard InChI is InChI=1S/C20H14F2NO2S/c1-25-20(24)12-3-2-4-15(9-12)26-18-7-5-13(21)10-16(18)23-17-11-14(22)6-8-19(17)26/h2-11,23H,1H3/q+1. The SMILES string of the molecule is COC(=O)c1cccc([S+]2c3ccc(F)cc3Nc3cc(F)ccc32)c1. The van der Waals surface area contributed by atoms with Crippen LogP contribution in [0.3, 0.4) is 0 Å². The number of carbonyl (C=O) groups is 1. The molecule has 0 amide bonds. The number of fused-ring (bicyclic) bond motifs is 2. The van der Waals surface area contributed by atoms with Gasteiger partial charge in [0.1, 0.15) is 22.5 Å². The van der Waals surface area contributed by atoms with Gasteiger partial charge < -0.3 is 10.1 Å². The molecule has 1 aliphatic heterocycles. The van der Waals surface area contributed by atoms with Crippen LogP contribution < -0.4 is 5.32 Å². The Balaban J connectivity index is 1.92. The van der Waals surface area contributed by atoms with Gasteiger partial charge >= 0.3 is 5.97 Å². The molecule has 0 aliphatic carbocycles. The first kappa shape index (κ1) is 16.6. The molecule has 26 heavy (non-hydrogen) atoms. The zero-order valence-corrected chi connectivity index (χ0v) is 14.6. The predicted molar refractivity (Wildman–Crippen MR) is 96.0 cm³/mol. The maximum absolute atomic E-state index is 13.7. The van der Waals surface area contributed by atoms with Crippen LogP contribution in [0.5, 0.6) is 0 Å². The van der Waals surface area contributed by atoms with E-state index in [0.29, 0.717) is 16.9 Å². The zero-order valence-electron chi connectivity index (χ0n) is 13.8. The zero-order chi connectivity index (χ0) is 18.3. The van der Waals surface area contributed by atoms with Gasteiger partial charge in [-0.1, -0.05) is 6.07 Å². The molecule has 1 N–H and O–H groups in total. The normalized spacial score (nSPS) is 12.7. The maximum atomic E-state index is 13.7. The number of benzene rings is 3. The third-order valence-electron chi connectivity index (χ3n) is 4.08. The van der Waals surface area contributed by atoms with Crippen molar-refractivity contribution in [1.29, 1.82) is 0 Å². The average Bonchev–Trinajstić information content (AvgIpc) is 2.65. The van der Waals surface area contributed by atoms with Gasteiger partial charge in [-0.25, -0.2) is 13.6 Å². The van der Waals surface area contributed by atoms with Crippen LogP contribution in [0.2, 0.25) is 0 Å². The minimum Gasteiger partial charge on any atom is -0.465 e. The summed E-state index contributed by atoms with van der Waals surface area (Å²) in [5, 5.41) is 3.11. The molecule has 0 fully saturated rings. The van der Waals surface area contributed by atoms with Crippen LogP contribution in [0, 0.1) is 11.6 Å². The Hall–Kier alpha value is -2.86. The summed E-state index contributed by atoms with van der Waals surface area (Å²) in [6, 6.07) is 16.2. The number of ether oxygens (including phenoxy) is 1. The lowest BCUT2D eigenvalue weighted by Crippen LogP contribution is -2.16. The van der Waals surface area contributed by atoms with E-state index < -0.39 is 16.9 Å². The molecule has 0 saturated carbocycles. The molecule has 0 unspecified atom stereocenters. The minimum absolute atomic E-state index is 0.372. The fraction of sp³-hybridized carbons (Fsp3) is 0.0500. The van der Waals surface area contributed by atoms with Crippen LogP contribution >= 0.6 is 0 Å². The Kier molecular flexibility index (Phi) is 4.12. The van der Waals surface area contributed by atoms with Gasteiger partial charge in [0.15, 0.2) is 14.7 Å². The highest BCUT2D eigenvalue weighted by molar-refractivity contribution is 7.97. The number of hydrogen-bond acceptors (Lipinski definition) is 3. The third-order valence-corrected chi connectivity index (χ3v) is 6.40. The number of esters is 1. The lowest BCUT2D eigenvalue weighted by molar-refractivity contribution is 0.0600. The molecule has 1 heterocycles. The Labute approximate surface area is 152 Å². The van der Waals surface area contributed by atoms with Gasteiger partial charge in [0.05, 0.1) is 24.0 Å². The monoisotopic (exact) mass is 370 g/mol. The highest BCUT2D eigenvalue weighted by Crippen LogP contribution is 2.44. The summed E-state index contributed by atoms with van der Waals surface area (Å²) in [6.45, 7) is 0. The van der Waals surface area contributed by atoms with Crippen molar-refractivity contribution in [2.24, 2.45) is 0 Å². The molecule has 3 nitrogen and oxygen atoms in total. The fourth-order valence-corrected chi connectivity index (χ4v) is 5.21. The van der Waals surface area contributed by atoms with E-state index in [9.17, 15) is 13.6 Å². The minimum atomic E-state index is -0.607. The number of methoxy groups -OCH3 is 1. The van der Waals surface area contributed by atoms with Crippen LogP contribution in [0.1, 0.15) is 10.4 Å². The van der Waals surface area contributed by atoms with E-state index in [1.165, 1.54) is 31.4 Å². The van der Waals surface area contributed by atoms with Crippen molar-refractivity contribution < 1.29 is 18.3 Å². The molecule has 6 heteroatoms. The fourth-order valence-electron chi connectivity index (χ4n) is 2.94. The Morgan fingerprint density at radius 2 is 1.54 bits per heavy atom. The van der Waals surface area contributed by atoms with Crippen LogP contribution in [-0.2, 0) is 15.6 Å². The van der Waals surface area contributed by atoms with Crippen molar-refractivity contribution in [3.05, 3.63) is 77.9 Å². The summed E-state index contributed by atoms with van der Waals surface area (Å²) in [5.41, 5.74) is 1.62. The molecule has 0 radical (unpaired) electrons. The van der Waals surface area contributed by atoms with Gasteiger partial charge in [-0.05, 0) is 36.4 Å². The highest BCUT2D eigenvalue weighted by Gasteiger charge is 2.38. The smallest absolute Gasteiger partial charge is 0.338 e. The molecule has 0 bridgehead atoms. The van der Waals surface area contributed by atoms with Gasteiger partial charge in [-0.3, -0.25) is 0 Å². The predicted octanol–water partition coefficient (Wildman–Crippen LogP) is 4.90. The molecule has 130 valence electrons. The molecular weight excluding hydrogens is 356 g/mol. The van der Waals surface area contributed by atoms with Crippen LogP contribution in [0.25, 0.3) is 0 Å². The summed E-state index contributed by atoms with van der Waals surface area (Å²) in [4.78, 5) is 14.5. The second-order valence-corrected chi connectivity index (χ2v) is 7.69. The van der Waals surface area contributed by atoms with E-state index >= 15 is 0 Å². The Morgan fingerprint density at radius 1 is 0.923 bits per heavy atom. The Morgan fingerprint density at radius 3 is 2.12 bits per heavy atom. The van der Waals surface area contributed by atoms with Gasteiger partial charge in [0.25, 0.3) is 0 Å². The summed E-state index contributed by atoms with van der Waals surface area (Å²) in [5.74, 6) is -1.17. The summed E-state index contributed by atoms with van der Waals surface area (Å²) in [7, 11) is 0.724. The van der Waals surface area contributed by atoms with Gasteiger partial charge in [0.2, 0.25) is 0 Å². The average molecular weight is 370 g/mol. The van der Waals surface area contributed by atoms with E-state index in [1.54, 1.807) is 30.3 Å². The first-order chi connectivity index (χ1) is 12.6. The van der Waals surface area contributed by atoms with Gasteiger partial charge in [-0.15, -0.1) is 0 Å². The molecule has 0 atom stereocenters. The third kappa shape index (κ3) is 2.82. The van der Waals surface area contributed by atoms with Crippen molar-refractivity contribution in [3.8, 4) is 0 Å². The second-order valence-electron chi connectivity index (χ2n) is 5.73. The van der Waals surface area contributed by atoms with E-state index in [1.807, 2.05) is 6.07 Å². The molecule has 0 spiro atoms. The largest absolute Gasteiger partial charge is 0.465 e. The van der Waals surface area contributed by atoms with Gasteiger partial charge in [-0.2, -0.15) is 0 Å². The van der Waals surface area contributed by atoms with E-state index in [-0.39, 0.29) is 11.6 Å². The quantitative estimate of drug-likeness (QED) is 0.403. The van der Waals surface area contributed by atoms with E-state index in [2.05, 4.69) is 5.32 Å². The molecule has 0 saturated heterocycles. The maximum Gasteiger partial charge on any atom is 0.338 e. The molecule has 0 aromatic heterocycles. The number of hydrogen-bond donors (Lipinski definition) is 1. The Bertz CT molecular complexity index is 971. The van der Waals surface area contributed by atoms with E-state index in [4.69, 9.17) is 4.74 Å². The molecule has 1 aliphatic rings. The number of anilines is 2. The van der Waals surface area contributed by atoms with Crippen molar-refractivity contribution in [2.75, 3.05) is 12.4 Å². The highest BCUT2D eigenvalue weighted by atomic mass is 32.2. The van der Waals surface area contributed by atoms with Gasteiger partial charge in [0, 0.05) is 18.2 Å². The second kappa shape index (κ2) is 6.46. The summed E-state index contributed by atoms with van der Waals surface area (Å²) < 4.78 is 32.2. The van der Waals surface area contributed by atoms with E-state index in [0.717, 1.165) is 14.7 Å². The number of halogens is 2. The topological polar surface area (TPSA) is 38.3 Å². The van der Waals surface area contributed by atoms with Crippen molar-refractivity contribution in [1.82, 2.24) is 0 Å². The lowest BCUT2D eigenvalue weighted by atomic mass is 10.2. The number of rotatable bonds is 2. The van der Waals surface area contributed by atoms with Crippen molar-refractivity contribution in [2.45, 2.75) is 14.7 Å². The first-order valence-electron chi connectivity index (χ1n) is 7.85. The van der Waals surface area contributed by atoms with Crippen LogP contribution in [-0.4, -0.2) is 13.1 Å². The molecule has 3 aromatic carbocycles. The van der Waals surface area contributed by atoms with Crippen molar-refractivity contribution >= 4 is 28.2 Å². The molecule has 4 rings (SSSR count). The van der Waals surface area contributed by atoms with Crippen molar-refractivity contribution in [3.63, 3.8) is 0 Å².